The average molecular weight is 398 g/mol. The molecule has 0 unspecified atom stereocenters. The number of hydrogen-bond donors (Lipinski definition) is 2. The number of rotatable bonds is 9. The Hall–Kier alpha value is -3.06. The summed E-state index contributed by atoms with van der Waals surface area (Å²) < 4.78 is 10.7. The minimum Gasteiger partial charge on any atom is -0.493 e. The second-order valence-electron chi connectivity index (χ2n) is 6.97. The maximum absolute atomic E-state index is 12.8. The lowest BCUT2D eigenvalue weighted by Crippen LogP contribution is -2.25. The fraction of sp³-hybridized carbons (Fsp3) is 0.364. The molecule has 3 rings (SSSR count). The number of nitrogens with one attached hydrogen (secondary N) is 1. The maximum atomic E-state index is 12.8. The Bertz CT molecular complexity index is 897. The number of ether oxygens (including phenoxy) is 2. The topological polar surface area (TPSA) is 88.1 Å². The van der Waals surface area contributed by atoms with Gasteiger partial charge >= 0.3 is 0 Å². The molecule has 154 valence electrons. The standard InChI is InChI=1S/C22H26N2O5/c1-28-19-11-10-15(13-20(19)29-2)16-7-6-8-17-18(16)14-24(22(17)26)12-5-3-4-9-21(25)23-27/h6-8,10-11,13,27H,3-5,9,12,14H2,1-2H3,(H,23,25). The van der Waals surface area contributed by atoms with Crippen LogP contribution in [0, 0.1) is 0 Å². The van der Waals surface area contributed by atoms with E-state index < -0.39 is 0 Å². The van der Waals surface area contributed by atoms with E-state index in [4.69, 9.17) is 14.7 Å². The molecule has 7 heteroatoms. The highest BCUT2D eigenvalue weighted by Gasteiger charge is 2.29. The highest BCUT2D eigenvalue weighted by Crippen LogP contribution is 2.37. The maximum Gasteiger partial charge on any atom is 0.254 e. The third-order valence-corrected chi connectivity index (χ3v) is 5.19. The van der Waals surface area contributed by atoms with Gasteiger partial charge in [-0.25, -0.2) is 5.48 Å². The average Bonchev–Trinajstić information content (AvgIpc) is 3.08. The second kappa shape index (κ2) is 9.43. The number of unbranched alkanes of at least 4 members (excludes halogenated alkanes) is 2. The van der Waals surface area contributed by atoms with Crippen LogP contribution in [-0.2, 0) is 11.3 Å². The summed E-state index contributed by atoms with van der Waals surface area (Å²) in [6.07, 6.45) is 2.59. The molecular weight excluding hydrogens is 372 g/mol. The normalized spacial score (nSPS) is 12.7. The van der Waals surface area contributed by atoms with Gasteiger partial charge in [-0.15, -0.1) is 0 Å². The Morgan fingerprint density at radius 2 is 1.83 bits per heavy atom. The van der Waals surface area contributed by atoms with Gasteiger partial charge in [-0.3, -0.25) is 14.8 Å². The molecule has 1 heterocycles. The lowest BCUT2D eigenvalue weighted by molar-refractivity contribution is -0.129. The summed E-state index contributed by atoms with van der Waals surface area (Å²) in [6.45, 7) is 1.20. The Labute approximate surface area is 170 Å². The predicted octanol–water partition coefficient (Wildman–Crippen LogP) is 3.39. The van der Waals surface area contributed by atoms with Crippen LogP contribution in [0.25, 0.3) is 11.1 Å². The molecule has 0 atom stereocenters. The first kappa shape index (κ1) is 20.7. The van der Waals surface area contributed by atoms with E-state index in [9.17, 15) is 9.59 Å². The molecule has 2 N–H and O–H groups in total. The molecule has 0 bridgehead atoms. The number of fused-ring (bicyclic) bond motifs is 1. The molecular formula is C22H26N2O5. The zero-order chi connectivity index (χ0) is 20.8. The van der Waals surface area contributed by atoms with Gasteiger partial charge in [0.2, 0.25) is 5.91 Å². The molecule has 1 aliphatic rings. The minimum atomic E-state index is -0.380. The predicted molar refractivity (Wildman–Crippen MR) is 108 cm³/mol. The van der Waals surface area contributed by atoms with E-state index in [2.05, 4.69) is 0 Å². The highest BCUT2D eigenvalue weighted by molar-refractivity contribution is 6.00. The molecule has 1 aliphatic heterocycles. The van der Waals surface area contributed by atoms with Gasteiger partial charge < -0.3 is 14.4 Å². The van der Waals surface area contributed by atoms with Crippen molar-refractivity contribution in [2.75, 3.05) is 20.8 Å². The molecule has 2 aromatic rings. The molecule has 0 spiro atoms. The number of carbonyl (C=O) groups is 2. The minimum absolute atomic E-state index is 0.0374. The molecule has 0 saturated carbocycles. The SMILES string of the molecule is COc1ccc(-c2cccc3c2CN(CCCCCC(=O)NO)C3=O)cc1OC. The van der Waals surface area contributed by atoms with E-state index in [-0.39, 0.29) is 18.2 Å². The Morgan fingerprint density at radius 1 is 1.07 bits per heavy atom. The van der Waals surface area contributed by atoms with Gasteiger partial charge in [-0.1, -0.05) is 24.6 Å². The van der Waals surface area contributed by atoms with Crippen LogP contribution in [0.15, 0.2) is 36.4 Å². The van der Waals surface area contributed by atoms with E-state index in [1.54, 1.807) is 19.7 Å². The molecule has 2 amide bonds. The summed E-state index contributed by atoms with van der Waals surface area (Å²) in [6, 6.07) is 11.5. The quantitative estimate of drug-likeness (QED) is 0.384. The highest BCUT2D eigenvalue weighted by atomic mass is 16.5. The second-order valence-corrected chi connectivity index (χ2v) is 6.97. The Kier molecular flexibility index (Phi) is 6.72. The first-order valence-electron chi connectivity index (χ1n) is 9.65. The monoisotopic (exact) mass is 398 g/mol. The number of hydroxylamine groups is 1. The van der Waals surface area contributed by atoms with Crippen LogP contribution in [0.4, 0.5) is 0 Å². The summed E-state index contributed by atoms with van der Waals surface area (Å²) in [5.41, 5.74) is 5.37. The molecule has 0 aliphatic carbocycles. The van der Waals surface area contributed by atoms with Crippen molar-refractivity contribution in [1.29, 1.82) is 0 Å². The van der Waals surface area contributed by atoms with Crippen LogP contribution in [0.3, 0.4) is 0 Å². The van der Waals surface area contributed by atoms with E-state index in [0.717, 1.165) is 35.1 Å². The van der Waals surface area contributed by atoms with Crippen molar-refractivity contribution >= 4 is 11.8 Å². The smallest absolute Gasteiger partial charge is 0.254 e. The fourth-order valence-electron chi connectivity index (χ4n) is 3.67. The lowest BCUT2D eigenvalue weighted by atomic mass is 9.96. The number of carbonyl (C=O) groups excluding carboxylic acids is 2. The largest absolute Gasteiger partial charge is 0.493 e. The van der Waals surface area contributed by atoms with Crippen LogP contribution >= 0.6 is 0 Å². The van der Waals surface area contributed by atoms with Crippen molar-refractivity contribution < 1.29 is 24.3 Å². The first-order chi connectivity index (χ1) is 14.1. The number of hydrogen-bond acceptors (Lipinski definition) is 5. The molecule has 7 nitrogen and oxygen atoms in total. The number of nitrogens with zero attached hydrogens (tertiary/aromatic N) is 1. The van der Waals surface area contributed by atoms with Gasteiger partial charge in [-0.2, -0.15) is 0 Å². The Balaban J connectivity index is 1.71. The molecule has 0 aromatic heterocycles. The molecule has 0 radical (unpaired) electrons. The van der Waals surface area contributed by atoms with Gasteiger partial charge in [0, 0.05) is 25.1 Å². The molecule has 0 fully saturated rings. The molecule has 0 saturated heterocycles. The van der Waals surface area contributed by atoms with Gasteiger partial charge in [0.15, 0.2) is 11.5 Å². The van der Waals surface area contributed by atoms with Crippen molar-refractivity contribution in [1.82, 2.24) is 10.4 Å². The van der Waals surface area contributed by atoms with Crippen molar-refractivity contribution in [3.8, 4) is 22.6 Å². The summed E-state index contributed by atoms with van der Waals surface area (Å²) in [5.74, 6) is 0.969. The molecule has 29 heavy (non-hydrogen) atoms. The van der Waals surface area contributed by atoms with Gasteiger partial charge in [0.1, 0.15) is 0 Å². The van der Waals surface area contributed by atoms with Crippen molar-refractivity contribution in [3.63, 3.8) is 0 Å². The van der Waals surface area contributed by atoms with Gasteiger partial charge in [0.05, 0.1) is 14.2 Å². The van der Waals surface area contributed by atoms with Crippen LogP contribution < -0.4 is 15.0 Å². The fourth-order valence-corrected chi connectivity index (χ4v) is 3.67. The zero-order valence-corrected chi connectivity index (χ0v) is 16.7. The number of benzene rings is 2. The van der Waals surface area contributed by atoms with Crippen molar-refractivity contribution in [2.24, 2.45) is 0 Å². The zero-order valence-electron chi connectivity index (χ0n) is 16.7. The summed E-state index contributed by atoms with van der Waals surface area (Å²) >= 11 is 0. The third-order valence-electron chi connectivity index (χ3n) is 5.19. The third kappa shape index (κ3) is 4.51. The van der Waals surface area contributed by atoms with Crippen LogP contribution in [0.1, 0.15) is 41.6 Å². The van der Waals surface area contributed by atoms with E-state index in [1.165, 1.54) is 0 Å². The van der Waals surface area contributed by atoms with Gasteiger partial charge in [-0.05, 0) is 47.7 Å². The summed E-state index contributed by atoms with van der Waals surface area (Å²) in [4.78, 5) is 25.7. The van der Waals surface area contributed by atoms with Crippen LogP contribution in [0.2, 0.25) is 0 Å². The van der Waals surface area contributed by atoms with Crippen molar-refractivity contribution in [2.45, 2.75) is 32.2 Å². The van der Waals surface area contributed by atoms with Crippen molar-refractivity contribution in [3.05, 3.63) is 47.5 Å². The Morgan fingerprint density at radius 3 is 2.55 bits per heavy atom. The van der Waals surface area contributed by atoms with E-state index in [1.807, 2.05) is 41.3 Å². The first-order valence-corrected chi connectivity index (χ1v) is 9.65. The molecule has 2 aromatic carbocycles. The number of amides is 2. The summed E-state index contributed by atoms with van der Waals surface area (Å²) in [7, 11) is 3.21. The summed E-state index contributed by atoms with van der Waals surface area (Å²) in [5, 5.41) is 8.51. The van der Waals surface area contributed by atoms with E-state index >= 15 is 0 Å². The lowest BCUT2D eigenvalue weighted by Gasteiger charge is -2.16. The van der Waals surface area contributed by atoms with E-state index in [0.29, 0.717) is 31.0 Å². The van der Waals surface area contributed by atoms with Crippen LogP contribution in [0.5, 0.6) is 11.5 Å². The van der Waals surface area contributed by atoms with Gasteiger partial charge in [0.25, 0.3) is 5.91 Å². The van der Waals surface area contributed by atoms with Crippen LogP contribution in [-0.4, -0.2) is 42.7 Å². The number of methoxy groups -OCH3 is 2.